The van der Waals surface area contributed by atoms with Gasteiger partial charge in [-0.05, 0) is 66.5 Å². The summed E-state index contributed by atoms with van der Waals surface area (Å²) in [5.41, 5.74) is 10.5. The van der Waals surface area contributed by atoms with Crippen LogP contribution in [-0.2, 0) is 19.3 Å². The van der Waals surface area contributed by atoms with E-state index in [1.165, 1.54) is 39.0 Å². The average molecular weight is 300 g/mol. The SMILES string of the molecule is C=C1C=C(C)c2ccc(CCc3ccc(C(=C)C)cc3)cc2C1. The van der Waals surface area contributed by atoms with Crippen LogP contribution in [0, 0.1) is 0 Å². The molecule has 2 aromatic carbocycles. The zero-order chi connectivity index (χ0) is 16.4. The number of fused-ring (bicyclic) bond motifs is 1. The summed E-state index contributed by atoms with van der Waals surface area (Å²) in [4.78, 5) is 0. The van der Waals surface area contributed by atoms with Crippen molar-refractivity contribution in [1.82, 2.24) is 0 Å². The van der Waals surface area contributed by atoms with Crippen LogP contribution in [0.5, 0.6) is 0 Å². The summed E-state index contributed by atoms with van der Waals surface area (Å²) >= 11 is 0. The first-order chi connectivity index (χ1) is 11.0. The maximum absolute atomic E-state index is 4.13. The Bertz CT molecular complexity index is 785. The largest absolute Gasteiger partial charge is 0.0955 e. The molecular formula is C23H24. The Balaban J connectivity index is 1.72. The van der Waals surface area contributed by atoms with Gasteiger partial charge in [-0.25, -0.2) is 0 Å². The van der Waals surface area contributed by atoms with Crippen LogP contribution in [0.4, 0.5) is 0 Å². The molecule has 2 aromatic rings. The summed E-state index contributed by atoms with van der Waals surface area (Å²) in [6, 6.07) is 15.7. The van der Waals surface area contributed by atoms with E-state index in [0.717, 1.165) is 24.8 Å². The highest BCUT2D eigenvalue weighted by Gasteiger charge is 2.12. The summed E-state index contributed by atoms with van der Waals surface area (Å²) in [7, 11) is 0. The minimum absolute atomic E-state index is 0.980. The summed E-state index contributed by atoms with van der Waals surface area (Å²) in [6.45, 7) is 12.3. The van der Waals surface area contributed by atoms with Crippen molar-refractivity contribution in [3.05, 3.63) is 95.1 Å². The fraction of sp³-hybridized carbons (Fsp3) is 0.217. The third kappa shape index (κ3) is 3.53. The predicted molar refractivity (Wildman–Crippen MR) is 101 cm³/mol. The molecular weight excluding hydrogens is 276 g/mol. The lowest BCUT2D eigenvalue weighted by atomic mass is 9.87. The summed E-state index contributed by atoms with van der Waals surface area (Å²) < 4.78 is 0. The topological polar surface area (TPSA) is 0 Å². The van der Waals surface area contributed by atoms with Gasteiger partial charge >= 0.3 is 0 Å². The maximum Gasteiger partial charge on any atom is -0.00254 e. The van der Waals surface area contributed by atoms with Gasteiger partial charge in [0.05, 0.1) is 0 Å². The molecule has 0 N–H and O–H groups in total. The van der Waals surface area contributed by atoms with Gasteiger partial charge in [0.25, 0.3) is 0 Å². The smallest absolute Gasteiger partial charge is 0.00254 e. The molecule has 0 spiro atoms. The molecule has 116 valence electrons. The van der Waals surface area contributed by atoms with Gasteiger partial charge in [-0.15, -0.1) is 0 Å². The van der Waals surface area contributed by atoms with Crippen molar-refractivity contribution in [2.45, 2.75) is 33.1 Å². The van der Waals surface area contributed by atoms with Gasteiger partial charge in [0.15, 0.2) is 0 Å². The van der Waals surface area contributed by atoms with Crippen molar-refractivity contribution in [3.8, 4) is 0 Å². The molecule has 1 aliphatic rings. The van der Waals surface area contributed by atoms with E-state index in [4.69, 9.17) is 0 Å². The molecule has 0 bridgehead atoms. The molecule has 23 heavy (non-hydrogen) atoms. The second-order valence-corrected chi connectivity index (χ2v) is 6.63. The lowest BCUT2D eigenvalue weighted by molar-refractivity contribution is 0.953. The molecule has 0 fully saturated rings. The molecule has 0 aliphatic heterocycles. The zero-order valence-electron chi connectivity index (χ0n) is 14.2. The molecule has 0 heterocycles. The quantitative estimate of drug-likeness (QED) is 0.647. The van der Waals surface area contributed by atoms with Crippen LogP contribution >= 0.6 is 0 Å². The third-order valence-electron chi connectivity index (χ3n) is 4.58. The number of allylic oxidation sites excluding steroid dienone is 4. The Hall–Kier alpha value is -2.34. The first-order valence-electron chi connectivity index (χ1n) is 8.26. The number of rotatable bonds is 4. The zero-order valence-corrected chi connectivity index (χ0v) is 14.2. The van der Waals surface area contributed by atoms with Gasteiger partial charge in [-0.3, -0.25) is 0 Å². The number of benzene rings is 2. The fourth-order valence-electron chi connectivity index (χ4n) is 3.26. The first-order valence-corrected chi connectivity index (χ1v) is 8.26. The second-order valence-electron chi connectivity index (χ2n) is 6.63. The molecule has 0 amide bonds. The van der Waals surface area contributed by atoms with Crippen LogP contribution < -0.4 is 0 Å². The van der Waals surface area contributed by atoms with Crippen LogP contribution in [-0.4, -0.2) is 0 Å². The normalized spacial score (nSPS) is 13.5. The van der Waals surface area contributed by atoms with Crippen molar-refractivity contribution >= 4 is 11.1 Å². The summed E-state index contributed by atoms with van der Waals surface area (Å²) in [5, 5.41) is 0. The molecule has 0 unspecified atom stereocenters. The first kappa shape index (κ1) is 15.6. The monoisotopic (exact) mass is 300 g/mol. The van der Waals surface area contributed by atoms with Crippen LogP contribution in [0.3, 0.4) is 0 Å². The fourth-order valence-corrected chi connectivity index (χ4v) is 3.26. The van der Waals surface area contributed by atoms with E-state index in [9.17, 15) is 0 Å². The molecule has 1 aliphatic carbocycles. The Morgan fingerprint density at radius 1 is 1.00 bits per heavy atom. The highest BCUT2D eigenvalue weighted by atomic mass is 14.2. The molecule has 0 atom stereocenters. The molecule has 0 nitrogen and oxygen atoms in total. The minimum Gasteiger partial charge on any atom is -0.0955 e. The van der Waals surface area contributed by atoms with Crippen LogP contribution in [0.2, 0.25) is 0 Å². The lowest BCUT2D eigenvalue weighted by Crippen LogP contribution is -2.02. The highest BCUT2D eigenvalue weighted by molar-refractivity contribution is 5.72. The third-order valence-corrected chi connectivity index (χ3v) is 4.58. The maximum atomic E-state index is 4.13. The van der Waals surface area contributed by atoms with Gasteiger partial charge in [0.2, 0.25) is 0 Å². The van der Waals surface area contributed by atoms with Gasteiger partial charge < -0.3 is 0 Å². The molecule has 0 heteroatoms. The summed E-state index contributed by atoms with van der Waals surface area (Å²) in [5.74, 6) is 0. The Labute approximate surface area is 139 Å². The van der Waals surface area contributed by atoms with Crippen molar-refractivity contribution < 1.29 is 0 Å². The van der Waals surface area contributed by atoms with Crippen molar-refractivity contribution in [3.63, 3.8) is 0 Å². The molecule has 0 saturated carbocycles. The van der Waals surface area contributed by atoms with Crippen LogP contribution in [0.15, 0.2) is 67.3 Å². The average Bonchev–Trinajstić information content (AvgIpc) is 2.52. The number of hydrogen-bond acceptors (Lipinski definition) is 0. The van der Waals surface area contributed by atoms with Crippen molar-refractivity contribution in [2.75, 3.05) is 0 Å². The van der Waals surface area contributed by atoms with E-state index < -0.39 is 0 Å². The van der Waals surface area contributed by atoms with E-state index in [0.29, 0.717) is 0 Å². The van der Waals surface area contributed by atoms with E-state index in [1.807, 2.05) is 6.92 Å². The van der Waals surface area contributed by atoms with Crippen molar-refractivity contribution in [1.29, 1.82) is 0 Å². The molecule has 0 radical (unpaired) electrons. The second kappa shape index (κ2) is 6.42. The van der Waals surface area contributed by atoms with Crippen LogP contribution in [0.1, 0.15) is 41.7 Å². The molecule has 3 rings (SSSR count). The van der Waals surface area contributed by atoms with Gasteiger partial charge in [-0.2, -0.15) is 0 Å². The van der Waals surface area contributed by atoms with Crippen molar-refractivity contribution in [2.24, 2.45) is 0 Å². The molecule has 0 saturated heterocycles. The van der Waals surface area contributed by atoms with Gasteiger partial charge in [0.1, 0.15) is 0 Å². The minimum atomic E-state index is 0.980. The van der Waals surface area contributed by atoms with Crippen LogP contribution in [0.25, 0.3) is 11.1 Å². The van der Waals surface area contributed by atoms with E-state index in [2.05, 4.69) is 68.6 Å². The standard InChI is InChI=1S/C23H24/c1-16(2)21-10-7-19(8-11-21)5-6-20-9-12-23-18(4)13-17(3)14-22(23)15-20/h7-13,15H,1,3,5-6,14H2,2,4H3. The van der Waals surface area contributed by atoms with Gasteiger partial charge in [-0.1, -0.05) is 72.8 Å². The Morgan fingerprint density at radius 2 is 1.65 bits per heavy atom. The lowest BCUT2D eigenvalue weighted by Gasteiger charge is -2.18. The molecule has 0 aromatic heterocycles. The van der Waals surface area contributed by atoms with Gasteiger partial charge in [0, 0.05) is 0 Å². The van der Waals surface area contributed by atoms with E-state index in [1.54, 1.807) is 0 Å². The Morgan fingerprint density at radius 3 is 2.35 bits per heavy atom. The highest BCUT2D eigenvalue weighted by Crippen LogP contribution is 2.29. The summed E-state index contributed by atoms with van der Waals surface area (Å²) in [6.07, 6.45) is 5.33. The van der Waals surface area contributed by atoms with E-state index >= 15 is 0 Å². The predicted octanol–water partition coefficient (Wildman–Crippen LogP) is 6.02. The number of hydrogen-bond donors (Lipinski definition) is 0. The van der Waals surface area contributed by atoms with E-state index in [-0.39, 0.29) is 0 Å². The number of aryl methyl sites for hydroxylation is 2. The Kier molecular flexibility index (Phi) is 4.34.